The van der Waals surface area contributed by atoms with E-state index in [2.05, 4.69) is 37.1 Å². The lowest BCUT2D eigenvalue weighted by atomic mass is 9.93. The van der Waals surface area contributed by atoms with Gasteiger partial charge in [-0.3, -0.25) is 4.90 Å². The van der Waals surface area contributed by atoms with Gasteiger partial charge in [0.2, 0.25) is 0 Å². The molecule has 1 aliphatic heterocycles. The van der Waals surface area contributed by atoms with Crippen molar-refractivity contribution in [3.8, 4) is 5.75 Å². The van der Waals surface area contributed by atoms with Gasteiger partial charge in [0.05, 0.1) is 0 Å². The number of nitrogens with zero attached hydrogens (tertiary/aromatic N) is 1. The predicted octanol–water partition coefficient (Wildman–Crippen LogP) is 2.69. The molecule has 2 rings (SSSR count). The highest BCUT2D eigenvalue weighted by molar-refractivity contribution is 5.38. The quantitative estimate of drug-likeness (QED) is 0.876. The van der Waals surface area contributed by atoms with Crippen LogP contribution < -0.4 is 5.32 Å². The number of phenols is 1. The molecular weight excluding hydrogens is 236 g/mol. The highest BCUT2D eigenvalue weighted by Gasteiger charge is 2.25. The highest BCUT2D eigenvalue weighted by Crippen LogP contribution is 2.34. The molecule has 1 aromatic carbocycles. The second-order valence-electron chi connectivity index (χ2n) is 5.99. The van der Waals surface area contributed by atoms with Gasteiger partial charge in [-0.2, -0.15) is 0 Å². The van der Waals surface area contributed by atoms with Crippen LogP contribution in [0.3, 0.4) is 0 Å². The molecule has 1 aliphatic rings. The van der Waals surface area contributed by atoms with E-state index in [9.17, 15) is 5.11 Å². The first-order valence-corrected chi connectivity index (χ1v) is 7.32. The highest BCUT2D eigenvalue weighted by atomic mass is 16.3. The third kappa shape index (κ3) is 3.71. The summed E-state index contributed by atoms with van der Waals surface area (Å²) in [5, 5.41) is 13.6. The fourth-order valence-corrected chi connectivity index (χ4v) is 2.85. The summed E-state index contributed by atoms with van der Waals surface area (Å²) in [6, 6.07) is 6.29. The van der Waals surface area contributed by atoms with Crippen LogP contribution in [0.15, 0.2) is 18.2 Å². The van der Waals surface area contributed by atoms with Gasteiger partial charge in [0.1, 0.15) is 5.75 Å². The Labute approximate surface area is 116 Å². The molecule has 0 aromatic heterocycles. The van der Waals surface area contributed by atoms with Gasteiger partial charge in [-0.25, -0.2) is 0 Å². The minimum atomic E-state index is 0.335. The number of aromatic hydroxyl groups is 1. The van der Waals surface area contributed by atoms with E-state index in [-0.39, 0.29) is 0 Å². The number of hydrogen-bond donors (Lipinski definition) is 2. The number of nitrogens with one attached hydrogen (secondary N) is 1. The van der Waals surface area contributed by atoms with Crippen LogP contribution in [-0.2, 0) is 0 Å². The minimum Gasteiger partial charge on any atom is -0.508 e. The smallest absolute Gasteiger partial charge is 0.120 e. The van der Waals surface area contributed by atoms with Gasteiger partial charge in [-0.15, -0.1) is 0 Å². The van der Waals surface area contributed by atoms with Crippen molar-refractivity contribution in [1.29, 1.82) is 0 Å². The number of benzene rings is 1. The zero-order valence-electron chi connectivity index (χ0n) is 12.3. The number of hydrogen-bond acceptors (Lipinski definition) is 3. The zero-order chi connectivity index (χ0) is 13.8. The number of phenolic OH excluding ortho intramolecular Hbond substituents is 1. The lowest BCUT2D eigenvalue weighted by Gasteiger charge is -2.36. The molecule has 1 atom stereocenters. The maximum atomic E-state index is 10.2. The summed E-state index contributed by atoms with van der Waals surface area (Å²) >= 11 is 0. The number of rotatable bonds is 4. The fraction of sp³-hybridized carbons (Fsp3) is 0.625. The van der Waals surface area contributed by atoms with E-state index in [0.717, 1.165) is 38.2 Å². The molecule has 1 aromatic rings. The van der Waals surface area contributed by atoms with Crippen LogP contribution in [-0.4, -0.2) is 36.2 Å². The van der Waals surface area contributed by atoms with Crippen molar-refractivity contribution in [2.45, 2.75) is 33.2 Å². The Morgan fingerprint density at radius 2 is 1.95 bits per heavy atom. The van der Waals surface area contributed by atoms with Gasteiger partial charge in [0.25, 0.3) is 0 Å². The molecule has 0 bridgehead atoms. The minimum absolute atomic E-state index is 0.335. The summed E-state index contributed by atoms with van der Waals surface area (Å²) in [7, 11) is 0. The lowest BCUT2D eigenvalue weighted by Crippen LogP contribution is -2.45. The van der Waals surface area contributed by atoms with E-state index in [4.69, 9.17) is 0 Å². The van der Waals surface area contributed by atoms with Crippen LogP contribution in [0, 0.1) is 12.8 Å². The van der Waals surface area contributed by atoms with Crippen LogP contribution in [0.2, 0.25) is 0 Å². The molecule has 1 saturated heterocycles. The van der Waals surface area contributed by atoms with Crippen molar-refractivity contribution in [3.63, 3.8) is 0 Å². The molecule has 1 fully saturated rings. The first-order chi connectivity index (χ1) is 9.08. The number of aryl methyl sites for hydroxylation is 1. The van der Waals surface area contributed by atoms with Crippen LogP contribution >= 0.6 is 0 Å². The van der Waals surface area contributed by atoms with Crippen molar-refractivity contribution in [3.05, 3.63) is 29.3 Å². The Balaban J connectivity index is 2.27. The molecule has 1 heterocycles. The molecule has 0 radical (unpaired) electrons. The summed E-state index contributed by atoms with van der Waals surface area (Å²) in [5.41, 5.74) is 2.31. The second kappa shape index (κ2) is 6.40. The SMILES string of the molecule is Cc1ccc(O)c([C@@H](CC(C)C)N2CCNCC2)c1. The fourth-order valence-electron chi connectivity index (χ4n) is 2.85. The molecule has 0 spiro atoms. The van der Waals surface area contributed by atoms with E-state index in [1.165, 1.54) is 5.56 Å². The molecule has 106 valence electrons. The van der Waals surface area contributed by atoms with Crippen molar-refractivity contribution < 1.29 is 5.11 Å². The second-order valence-corrected chi connectivity index (χ2v) is 5.99. The Bertz CT molecular complexity index is 411. The van der Waals surface area contributed by atoms with Crippen LogP contribution in [0.5, 0.6) is 5.75 Å². The third-order valence-corrected chi connectivity index (χ3v) is 3.83. The first-order valence-electron chi connectivity index (χ1n) is 7.32. The summed E-state index contributed by atoms with van der Waals surface area (Å²) in [5.74, 6) is 1.06. The Morgan fingerprint density at radius 3 is 2.58 bits per heavy atom. The van der Waals surface area contributed by atoms with Crippen LogP contribution in [0.25, 0.3) is 0 Å². The standard InChI is InChI=1S/C16H26N2O/c1-12(2)10-15(18-8-6-17-7-9-18)14-11-13(3)4-5-16(14)19/h4-5,11-12,15,17,19H,6-10H2,1-3H3/t15-/m1/s1. The van der Waals surface area contributed by atoms with Gasteiger partial charge in [0.15, 0.2) is 0 Å². The van der Waals surface area contributed by atoms with Crippen LogP contribution in [0.1, 0.15) is 37.4 Å². The van der Waals surface area contributed by atoms with Crippen molar-refractivity contribution in [1.82, 2.24) is 10.2 Å². The van der Waals surface area contributed by atoms with E-state index in [0.29, 0.717) is 17.7 Å². The Hall–Kier alpha value is -1.06. The molecule has 3 heteroatoms. The van der Waals surface area contributed by atoms with Crippen molar-refractivity contribution >= 4 is 0 Å². The zero-order valence-corrected chi connectivity index (χ0v) is 12.3. The molecule has 0 unspecified atom stereocenters. The molecule has 3 nitrogen and oxygen atoms in total. The normalized spacial score (nSPS) is 18.7. The number of piperazine rings is 1. The van der Waals surface area contributed by atoms with Crippen molar-refractivity contribution in [2.24, 2.45) is 5.92 Å². The molecule has 2 N–H and O–H groups in total. The average Bonchev–Trinajstić information content (AvgIpc) is 2.40. The lowest BCUT2D eigenvalue weighted by molar-refractivity contribution is 0.151. The summed E-state index contributed by atoms with van der Waals surface area (Å²) < 4.78 is 0. The molecular formula is C16H26N2O. The van der Waals surface area contributed by atoms with Gasteiger partial charge in [0, 0.05) is 37.8 Å². The largest absolute Gasteiger partial charge is 0.508 e. The summed E-state index contributed by atoms with van der Waals surface area (Å²) in [6.45, 7) is 10.8. The van der Waals surface area contributed by atoms with E-state index in [1.54, 1.807) is 0 Å². The van der Waals surface area contributed by atoms with Crippen molar-refractivity contribution in [2.75, 3.05) is 26.2 Å². The Morgan fingerprint density at radius 1 is 1.26 bits per heavy atom. The van der Waals surface area contributed by atoms with Gasteiger partial charge < -0.3 is 10.4 Å². The molecule has 0 aliphatic carbocycles. The van der Waals surface area contributed by atoms with E-state index < -0.39 is 0 Å². The Kier molecular flexibility index (Phi) is 4.83. The molecule has 19 heavy (non-hydrogen) atoms. The maximum absolute atomic E-state index is 10.2. The third-order valence-electron chi connectivity index (χ3n) is 3.83. The van der Waals surface area contributed by atoms with Gasteiger partial charge in [-0.1, -0.05) is 31.5 Å². The van der Waals surface area contributed by atoms with E-state index >= 15 is 0 Å². The van der Waals surface area contributed by atoms with Gasteiger partial charge >= 0.3 is 0 Å². The molecule has 0 saturated carbocycles. The first kappa shape index (κ1) is 14.4. The van der Waals surface area contributed by atoms with Gasteiger partial charge in [-0.05, 0) is 25.3 Å². The predicted molar refractivity (Wildman–Crippen MR) is 79.5 cm³/mol. The van der Waals surface area contributed by atoms with E-state index in [1.807, 2.05) is 12.1 Å². The monoisotopic (exact) mass is 262 g/mol. The summed E-state index contributed by atoms with van der Waals surface area (Å²) in [4.78, 5) is 2.50. The summed E-state index contributed by atoms with van der Waals surface area (Å²) in [6.07, 6.45) is 1.09. The topological polar surface area (TPSA) is 35.5 Å². The average molecular weight is 262 g/mol. The molecule has 0 amide bonds. The maximum Gasteiger partial charge on any atom is 0.120 e. The van der Waals surface area contributed by atoms with Crippen LogP contribution in [0.4, 0.5) is 0 Å².